The number of phenols is 1. The minimum absolute atomic E-state index is 0.0630. The lowest BCUT2D eigenvalue weighted by molar-refractivity contribution is 0.473. The number of phenolic OH excluding ortho intramolecular Hbond substituents is 1. The number of rotatable bonds is 3. The van der Waals surface area contributed by atoms with Crippen LogP contribution in [0, 0.1) is 0 Å². The molecule has 0 spiro atoms. The Balaban J connectivity index is 1.52. The number of hydrogen-bond acceptors (Lipinski definition) is 5. The van der Waals surface area contributed by atoms with Gasteiger partial charge in [0.2, 0.25) is 0 Å². The van der Waals surface area contributed by atoms with Gasteiger partial charge in [0.25, 0.3) is 0 Å². The third kappa shape index (κ3) is 2.69. The molecule has 0 aliphatic rings. The first-order valence-electron chi connectivity index (χ1n) is 8.58. The topological polar surface area (TPSA) is 75.6 Å². The Labute approximate surface area is 153 Å². The van der Waals surface area contributed by atoms with Crippen molar-refractivity contribution >= 4 is 38.6 Å². The zero-order valence-electron chi connectivity index (χ0n) is 14.2. The van der Waals surface area contributed by atoms with Gasteiger partial charge in [0.15, 0.2) is 0 Å². The summed E-state index contributed by atoms with van der Waals surface area (Å²) in [5.74, 6) is 0.0630. The highest BCUT2D eigenvalue weighted by Gasteiger charge is 2.09. The molecule has 0 saturated heterocycles. The molecule has 27 heavy (non-hydrogen) atoms. The molecule has 2 heterocycles. The van der Waals surface area contributed by atoms with E-state index in [1.165, 1.54) is 12.1 Å². The van der Waals surface area contributed by atoms with E-state index in [9.17, 15) is 9.90 Å². The first-order valence-corrected chi connectivity index (χ1v) is 8.58. The highest BCUT2D eigenvalue weighted by molar-refractivity contribution is 6.05. The van der Waals surface area contributed by atoms with Gasteiger partial charge in [0.1, 0.15) is 22.5 Å². The van der Waals surface area contributed by atoms with E-state index in [2.05, 4.69) is 5.32 Å². The van der Waals surface area contributed by atoms with E-state index in [1.54, 1.807) is 12.1 Å². The Kier molecular flexibility index (Phi) is 3.40. The summed E-state index contributed by atoms with van der Waals surface area (Å²) in [5, 5.41) is 15.9. The van der Waals surface area contributed by atoms with Gasteiger partial charge in [-0.25, -0.2) is 4.79 Å². The second kappa shape index (κ2) is 5.92. The molecule has 0 radical (unpaired) electrons. The van der Waals surface area contributed by atoms with Gasteiger partial charge in [-0.15, -0.1) is 0 Å². The maximum atomic E-state index is 11.8. The van der Waals surface area contributed by atoms with Gasteiger partial charge in [-0.3, -0.25) is 0 Å². The van der Waals surface area contributed by atoms with Crippen LogP contribution >= 0.6 is 0 Å². The number of furan rings is 1. The van der Waals surface area contributed by atoms with Crippen molar-refractivity contribution in [2.45, 2.75) is 6.54 Å². The third-order valence-electron chi connectivity index (χ3n) is 4.67. The predicted molar refractivity (Wildman–Crippen MR) is 105 cm³/mol. The number of benzene rings is 3. The molecular formula is C22H15NO4. The molecule has 132 valence electrons. The van der Waals surface area contributed by atoms with E-state index in [0.29, 0.717) is 12.1 Å². The Morgan fingerprint density at radius 2 is 1.63 bits per heavy atom. The average Bonchev–Trinajstić information content (AvgIpc) is 3.03. The van der Waals surface area contributed by atoms with Crippen molar-refractivity contribution in [1.82, 2.24) is 0 Å². The normalized spacial score (nSPS) is 11.4. The number of anilines is 1. The fraction of sp³-hybridized carbons (Fsp3) is 0.0455. The second-order valence-electron chi connectivity index (χ2n) is 6.43. The van der Waals surface area contributed by atoms with Crippen molar-refractivity contribution in [2.24, 2.45) is 0 Å². The number of para-hydroxylation sites is 1. The van der Waals surface area contributed by atoms with Crippen LogP contribution in [0.4, 0.5) is 5.69 Å². The van der Waals surface area contributed by atoms with Crippen LogP contribution in [0.2, 0.25) is 0 Å². The largest absolute Gasteiger partial charge is 0.508 e. The van der Waals surface area contributed by atoms with Crippen molar-refractivity contribution in [3.05, 3.63) is 82.7 Å². The summed E-state index contributed by atoms with van der Waals surface area (Å²) in [4.78, 5) is 11.8. The van der Waals surface area contributed by atoms with E-state index >= 15 is 0 Å². The molecule has 0 amide bonds. The van der Waals surface area contributed by atoms with E-state index in [0.717, 1.165) is 38.6 Å². The van der Waals surface area contributed by atoms with E-state index in [1.807, 2.05) is 42.5 Å². The molecular weight excluding hydrogens is 342 g/mol. The van der Waals surface area contributed by atoms with Crippen LogP contribution in [0.15, 0.2) is 80.4 Å². The summed E-state index contributed by atoms with van der Waals surface area (Å²) < 4.78 is 11.0. The Morgan fingerprint density at radius 1 is 0.778 bits per heavy atom. The molecule has 5 nitrogen and oxygen atoms in total. The maximum Gasteiger partial charge on any atom is 0.336 e. The first kappa shape index (κ1) is 15.5. The van der Waals surface area contributed by atoms with Crippen LogP contribution < -0.4 is 10.9 Å². The van der Waals surface area contributed by atoms with E-state index < -0.39 is 5.63 Å². The fourth-order valence-electron chi connectivity index (χ4n) is 3.40. The molecule has 0 saturated carbocycles. The molecule has 0 aliphatic carbocycles. The number of hydrogen-bond donors (Lipinski definition) is 2. The lowest BCUT2D eigenvalue weighted by Crippen LogP contribution is -2.05. The standard InChI is InChI=1S/C22H15NO4/c24-15-6-7-16-13(9-22(25)27-21(16)11-15)12-23-14-5-8-20-18(10-14)17-3-1-2-4-19(17)26-20/h1-11,23-24H,12H2. The lowest BCUT2D eigenvalue weighted by Gasteiger charge is -2.09. The fourth-order valence-corrected chi connectivity index (χ4v) is 3.40. The third-order valence-corrected chi connectivity index (χ3v) is 4.67. The van der Waals surface area contributed by atoms with Gasteiger partial charge in [0, 0.05) is 40.5 Å². The van der Waals surface area contributed by atoms with E-state index in [4.69, 9.17) is 8.83 Å². The van der Waals surface area contributed by atoms with Crippen molar-refractivity contribution in [2.75, 3.05) is 5.32 Å². The molecule has 5 heteroatoms. The second-order valence-corrected chi connectivity index (χ2v) is 6.43. The monoisotopic (exact) mass is 357 g/mol. The van der Waals surface area contributed by atoms with Crippen LogP contribution in [0.5, 0.6) is 5.75 Å². The SMILES string of the molecule is O=c1cc(CNc2ccc3oc4ccccc4c3c2)c2ccc(O)cc2o1. The van der Waals surface area contributed by atoms with Gasteiger partial charge < -0.3 is 19.3 Å². The van der Waals surface area contributed by atoms with Crippen molar-refractivity contribution in [1.29, 1.82) is 0 Å². The molecule has 2 aromatic heterocycles. The maximum absolute atomic E-state index is 11.8. The molecule has 3 aromatic carbocycles. The van der Waals surface area contributed by atoms with Crippen LogP contribution in [-0.2, 0) is 6.54 Å². The summed E-state index contributed by atoms with van der Waals surface area (Å²) in [7, 11) is 0. The molecule has 0 aliphatic heterocycles. The van der Waals surface area contributed by atoms with Crippen LogP contribution in [-0.4, -0.2) is 5.11 Å². The van der Waals surface area contributed by atoms with Gasteiger partial charge in [-0.1, -0.05) is 18.2 Å². The zero-order valence-corrected chi connectivity index (χ0v) is 14.2. The highest BCUT2D eigenvalue weighted by atomic mass is 16.4. The highest BCUT2D eigenvalue weighted by Crippen LogP contribution is 2.31. The Morgan fingerprint density at radius 3 is 2.56 bits per heavy atom. The number of fused-ring (bicyclic) bond motifs is 4. The van der Waals surface area contributed by atoms with Crippen LogP contribution in [0.3, 0.4) is 0 Å². The summed E-state index contributed by atoms with van der Waals surface area (Å²) in [6.45, 7) is 0.453. The minimum atomic E-state index is -0.443. The predicted octanol–water partition coefficient (Wildman–Crippen LogP) is 5.01. The van der Waals surface area contributed by atoms with Crippen LogP contribution in [0.25, 0.3) is 32.9 Å². The first-order chi connectivity index (χ1) is 13.2. The summed E-state index contributed by atoms with van der Waals surface area (Å²) in [6, 6.07) is 20.1. The van der Waals surface area contributed by atoms with Gasteiger partial charge in [-0.2, -0.15) is 0 Å². The zero-order chi connectivity index (χ0) is 18.4. The average molecular weight is 357 g/mol. The molecule has 2 N–H and O–H groups in total. The van der Waals surface area contributed by atoms with E-state index in [-0.39, 0.29) is 5.75 Å². The van der Waals surface area contributed by atoms with Crippen molar-refractivity contribution in [3.63, 3.8) is 0 Å². The summed E-state index contributed by atoms with van der Waals surface area (Å²) >= 11 is 0. The molecule has 0 bridgehead atoms. The quantitative estimate of drug-likeness (QED) is 0.444. The van der Waals surface area contributed by atoms with Gasteiger partial charge >= 0.3 is 5.63 Å². The van der Waals surface area contributed by atoms with Crippen molar-refractivity contribution in [3.8, 4) is 5.75 Å². The van der Waals surface area contributed by atoms with Crippen molar-refractivity contribution < 1.29 is 13.9 Å². The Hall–Kier alpha value is -3.73. The molecule has 0 atom stereocenters. The Bertz CT molecular complexity index is 1360. The molecule has 0 fully saturated rings. The minimum Gasteiger partial charge on any atom is -0.508 e. The summed E-state index contributed by atoms with van der Waals surface area (Å²) in [5.41, 5.74) is 3.35. The summed E-state index contributed by atoms with van der Waals surface area (Å²) in [6.07, 6.45) is 0. The molecule has 5 aromatic rings. The van der Waals surface area contributed by atoms with Gasteiger partial charge in [-0.05, 0) is 42.0 Å². The number of nitrogens with one attached hydrogen (secondary N) is 1. The molecule has 0 unspecified atom stereocenters. The molecule has 5 rings (SSSR count). The van der Waals surface area contributed by atoms with Gasteiger partial charge in [0.05, 0.1) is 0 Å². The smallest absolute Gasteiger partial charge is 0.336 e. The number of aromatic hydroxyl groups is 1. The lowest BCUT2D eigenvalue weighted by atomic mass is 10.1. The van der Waals surface area contributed by atoms with Crippen LogP contribution in [0.1, 0.15) is 5.56 Å².